The number of aryl methyl sites for hydroxylation is 1. The fourth-order valence-electron chi connectivity index (χ4n) is 2.76. The molecule has 3 aromatic rings. The molecule has 0 radical (unpaired) electrons. The molecule has 2 amide bonds. The molecule has 0 fully saturated rings. The molecular weight excluding hydrogens is 344 g/mol. The molecule has 0 aliphatic rings. The highest BCUT2D eigenvalue weighted by Gasteiger charge is 2.08. The summed E-state index contributed by atoms with van der Waals surface area (Å²) < 4.78 is 7.02. The molecule has 1 aromatic heterocycles. The number of amides is 2. The van der Waals surface area contributed by atoms with Crippen LogP contribution in [-0.4, -0.2) is 29.7 Å². The van der Waals surface area contributed by atoms with E-state index < -0.39 is 0 Å². The summed E-state index contributed by atoms with van der Waals surface area (Å²) in [4.78, 5) is 23.2. The van der Waals surface area contributed by atoms with Gasteiger partial charge in [0.2, 0.25) is 5.91 Å². The largest absolute Gasteiger partial charge is 0.497 e. The molecule has 0 aliphatic heterocycles. The third-order valence-corrected chi connectivity index (χ3v) is 4.14. The first-order chi connectivity index (χ1) is 13.1. The van der Waals surface area contributed by atoms with Gasteiger partial charge in [0.05, 0.1) is 13.3 Å². The van der Waals surface area contributed by atoms with Gasteiger partial charge >= 0.3 is 0 Å². The topological polar surface area (TPSA) is 98.7 Å². The highest BCUT2D eigenvalue weighted by molar-refractivity contribution is 6.00. The summed E-state index contributed by atoms with van der Waals surface area (Å²) >= 11 is 0. The number of hydrogen-bond acceptors (Lipinski definition) is 4. The van der Waals surface area contributed by atoms with Crippen molar-refractivity contribution in [2.45, 2.75) is 13.0 Å². The maximum absolute atomic E-state index is 12.2. The Balaban J connectivity index is 1.75. The van der Waals surface area contributed by atoms with Gasteiger partial charge in [0.15, 0.2) is 0 Å². The van der Waals surface area contributed by atoms with Crippen molar-refractivity contribution >= 4 is 28.9 Å². The fourth-order valence-corrected chi connectivity index (χ4v) is 2.76. The lowest BCUT2D eigenvalue weighted by molar-refractivity contribution is -0.118. The predicted molar refractivity (Wildman–Crippen MR) is 104 cm³/mol. The SMILES string of the molecule is COc1ccc(C(=O)N/N=C\c2cn(CCC(N)=O)c3ccccc23)cc1. The summed E-state index contributed by atoms with van der Waals surface area (Å²) in [6.45, 7) is 0.488. The van der Waals surface area contributed by atoms with Crippen LogP contribution in [0.2, 0.25) is 0 Å². The van der Waals surface area contributed by atoms with E-state index in [0.717, 1.165) is 16.5 Å². The van der Waals surface area contributed by atoms with Crippen molar-refractivity contribution in [2.75, 3.05) is 7.11 Å². The van der Waals surface area contributed by atoms with Gasteiger partial charge in [-0.15, -0.1) is 0 Å². The number of benzene rings is 2. The second-order valence-electron chi connectivity index (χ2n) is 5.94. The van der Waals surface area contributed by atoms with Crippen LogP contribution >= 0.6 is 0 Å². The number of nitrogens with one attached hydrogen (secondary N) is 1. The van der Waals surface area contributed by atoms with Crippen molar-refractivity contribution in [1.29, 1.82) is 0 Å². The van der Waals surface area contributed by atoms with E-state index in [2.05, 4.69) is 10.5 Å². The second kappa shape index (κ2) is 8.18. The van der Waals surface area contributed by atoms with E-state index in [0.29, 0.717) is 17.9 Å². The van der Waals surface area contributed by atoms with Gasteiger partial charge in [-0.1, -0.05) is 18.2 Å². The van der Waals surface area contributed by atoms with Gasteiger partial charge < -0.3 is 15.0 Å². The molecule has 0 aliphatic carbocycles. The van der Waals surface area contributed by atoms with Crippen molar-refractivity contribution in [1.82, 2.24) is 9.99 Å². The molecule has 0 atom stereocenters. The monoisotopic (exact) mass is 364 g/mol. The lowest BCUT2D eigenvalue weighted by atomic mass is 10.2. The van der Waals surface area contributed by atoms with Gasteiger partial charge in [-0.25, -0.2) is 5.43 Å². The number of hydrazone groups is 1. The number of methoxy groups -OCH3 is 1. The Morgan fingerprint density at radius 3 is 2.63 bits per heavy atom. The van der Waals surface area contributed by atoms with E-state index in [1.807, 2.05) is 35.0 Å². The Hall–Kier alpha value is -3.61. The van der Waals surface area contributed by atoms with Crippen LogP contribution in [0.5, 0.6) is 5.75 Å². The van der Waals surface area contributed by atoms with Crippen molar-refractivity contribution in [3.05, 3.63) is 65.9 Å². The minimum Gasteiger partial charge on any atom is -0.497 e. The van der Waals surface area contributed by atoms with Gasteiger partial charge in [0.1, 0.15) is 5.75 Å². The van der Waals surface area contributed by atoms with Crippen LogP contribution in [0.1, 0.15) is 22.3 Å². The number of nitrogens with two attached hydrogens (primary N) is 1. The fraction of sp³-hybridized carbons (Fsp3) is 0.150. The van der Waals surface area contributed by atoms with E-state index in [1.54, 1.807) is 37.6 Å². The van der Waals surface area contributed by atoms with Gasteiger partial charge in [-0.3, -0.25) is 9.59 Å². The third-order valence-electron chi connectivity index (χ3n) is 4.14. The quantitative estimate of drug-likeness (QED) is 0.497. The normalized spacial score (nSPS) is 11.0. The number of ether oxygens (including phenoxy) is 1. The summed E-state index contributed by atoms with van der Waals surface area (Å²) in [5.74, 6) is 0.0138. The smallest absolute Gasteiger partial charge is 0.271 e. The van der Waals surface area contributed by atoms with Crippen LogP contribution in [-0.2, 0) is 11.3 Å². The minimum absolute atomic E-state index is 0.253. The van der Waals surface area contributed by atoms with Crippen molar-refractivity contribution in [2.24, 2.45) is 10.8 Å². The zero-order chi connectivity index (χ0) is 19.2. The van der Waals surface area contributed by atoms with Crippen LogP contribution in [0.15, 0.2) is 59.8 Å². The molecule has 7 nitrogen and oxygen atoms in total. The molecule has 7 heteroatoms. The first kappa shape index (κ1) is 18.2. The maximum atomic E-state index is 12.2. The molecule has 3 N–H and O–H groups in total. The molecule has 3 rings (SSSR count). The standard InChI is InChI=1S/C20H20N4O3/c1-27-16-8-6-14(7-9-16)20(26)23-22-12-15-13-24(11-10-19(21)25)18-5-3-2-4-17(15)18/h2-9,12-13H,10-11H2,1H3,(H2,21,25)(H,23,26)/b22-12-. The van der Waals surface area contributed by atoms with Crippen LogP contribution in [0.3, 0.4) is 0 Å². The van der Waals surface area contributed by atoms with E-state index in [9.17, 15) is 9.59 Å². The van der Waals surface area contributed by atoms with Crippen molar-refractivity contribution in [3.63, 3.8) is 0 Å². The highest BCUT2D eigenvalue weighted by atomic mass is 16.5. The maximum Gasteiger partial charge on any atom is 0.271 e. The van der Waals surface area contributed by atoms with Crippen molar-refractivity contribution < 1.29 is 14.3 Å². The van der Waals surface area contributed by atoms with Crippen LogP contribution in [0.25, 0.3) is 10.9 Å². The molecule has 0 unspecified atom stereocenters. The number of nitrogens with zero attached hydrogens (tertiary/aromatic N) is 2. The molecule has 0 saturated heterocycles. The summed E-state index contributed by atoms with van der Waals surface area (Å²) in [6.07, 6.45) is 3.73. The lowest BCUT2D eigenvalue weighted by Crippen LogP contribution is -2.17. The zero-order valence-corrected chi connectivity index (χ0v) is 14.9. The van der Waals surface area contributed by atoms with E-state index in [1.165, 1.54) is 0 Å². The van der Waals surface area contributed by atoms with Crippen molar-refractivity contribution in [3.8, 4) is 5.75 Å². The summed E-state index contributed by atoms with van der Waals surface area (Å²) in [7, 11) is 1.57. The molecule has 138 valence electrons. The molecule has 0 saturated carbocycles. The first-order valence-electron chi connectivity index (χ1n) is 8.42. The van der Waals surface area contributed by atoms with Crippen LogP contribution in [0, 0.1) is 0 Å². The van der Waals surface area contributed by atoms with E-state index >= 15 is 0 Å². The average molecular weight is 364 g/mol. The first-order valence-corrected chi connectivity index (χ1v) is 8.42. The number of aromatic nitrogens is 1. The summed E-state index contributed by atoms with van der Waals surface area (Å²) in [5.41, 5.74) is 10.1. The Morgan fingerprint density at radius 1 is 1.19 bits per heavy atom. The summed E-state index contributed by atoms with van der Waals surface area (Å²) in [6, 6.07) is 14.5. The summed E-state index contributed by atoms with van der Waals surface area (Å²) in [5, 5.41) is 5.03. The number of fused-ring (bicyclic) bond motifs is 1. The van der Waals surface area contributed by atoms with Gasteiger partial charge in [0, 0.05) is 41.2 Å². The molecule has 27 heavy (non-hydrogen) atoms. The highest BCUT2D eigenvalue weighted by Crippen LogP contribution is 2.20. The van der Waals surface area contributed by atoms with Gasteiger partial charge in [0.25, 0.3) is 5.91 Å². The Morgan fingerprint density at radius 2 is 1.93 bits per heavy atom. The average Bonchev–Trinajstić information content (AvgIpc) is 3.04. The number of para-hydroxylation sites is 1. The Labute approximate surface area is 156 Å². The number of hydrogen-bond donors (Lipinski definition) is 2. The van der Waals surface area contributed by atoms with Gasteiger partial charge in [-0.2, -0.15) is 5.10 Å². The molecule has 0 bridgehead atoms. The predicted octanol–water partition coefficient (Wildman–Crippen LogP) is 2.29. The third kappa shape index (κ3) is 4.33. The Kier molecular flexibility index (Phi) is 5.51. The van der Waals surface area contributed by atoms with Crippen LogP contribution in [0.4, 0.5) is 0 Å². The second-order valence-corrected chi connectivity index (χ2v) is 5.94. The van der Waals surface area contributed by atoms with E-state index in [-0.39, 0.29) is 18.2 Å². The Bertz CT molecular complexity index is 990. The lowest BCUT2D eigenvalue weighted by Gasteiger charge is -2.02. The minimum atomic E-state index is -0.352. The molecule has 0 spiro atoms. The van der Waals surface area contributed by atoms with E-state index in [4.69, 9.17) is 10.5 Å². The van der Waals surface area contributed by atoms with Gasteiger partial charge in [-0.05, 0) is 30.3 Å². The number of rotatable bonds is 7. The van der Waals surface area contributed by atoms with Crippen LogP contribution < -0.4 is 15.9 Å². The zero-order valence-electron chi connectivity index (χ0n) is 14.9. The number of primary amides is 1. The molecular formula is C20H20N4O3. The molecule has 1 heterocycles. The molecule has 2 aromatic carbocycles. The number of carbonyl (C=O) groups is 2. The number of carbonyl (C=O) groups excluding carboxylic acids is 2.